The Bertz CT molecular complexity index is 531. The van der Waals surface area contributed by atoms with Crippen LogP contribution in [0.15, 0.2) is 27.2 Å². The van der Waals surface area contributed by atoms with Crippen LogP contribution >= 0.6 is 27.5 Å². The molecule has 0 atom stereocenters. The Morgan fingerprint density at radius 1 is 1.33 bits per heavy atom. The lowest BCUT2D eigenvalue weighted by atomic mass is 10.2. The van der Waals surface area contributed by atoms with E-state index in [1.165, 1.54) is 0 Å². The zero-order chi connectivity index (χ0) is 13.0. The van der Waals surface area contributed by atoms with Gasteiger partial charge in [0.25, 0.3) is 0 Å². The second-order valence-electron chi connectivity index (χ2n) is 3.82. The number of unbranched alkanes of at least 4 members (excludes halogenated alkanes) is 1. The van der Waals surface area contributed by atoms with Gasteiger partial charge in [-0.3, -0.25) is 0 Å². The van der Waals surface area contributed by atoms with Gasteiger partial charge >= 0.3 is 0 Å². The summed E-state index contributed by atoms with van der Waals surface area (Å²) in [4.78, 5) is 4.30. The standard InChI is InChI=1S/C12H12BrClN2O2/c13-9-7-8(4-5-10(9)14)12-15-11(18-16-12)3-1-2-6-17/h4-5,7,17H,1-3,6H2. The van der Waals surface area contributed by atoms with E-state index in [2.05, 4.69) is 26.1 Å². The summed E-state index contributed by atoms with van der Waals surface area (Å²) in [5, 5.41) is 13.3. The van der Waals surface area contributed by atoms with Gasteiger partial charge in [0.2, 0.25) is 11.7 Å². The number of aliphatic hydroxyl groups is 1. The van der Waals surface area contributed by atoms with E-state index in [1.54, 1.807) is 6.07 Å². The van der Waals surface area contributed by atoms with Crippen molar-refractivity contribution in [3.8, 4) is 11.4 Å². The topological polar surface area (TPSA) is 59.2 Å². The van der Waals surface area contributed by atoms with E-state index >= 15 is 0 Å². The number of halogens is 2. The Balaban J connectivity index is 2.11. The number of rotatable bonds is 5. The minimum atomic E-state index is 0.186. The third kappa shape index (κ3) is 3.31. The Morgan fingerprint density at radius 3 is 2.89 bits per heavy atom. The van der Waals surface area contributed by atoms with E-state index in [0.717, 1.165) is 22.9 Å². The van der Waals surface area contributed by atoms with E-state index in [4.69, 9.17) is 21.2 Å². The largest absolute Gasteiger partial charge is 0.396 e. The molecule has 0 radical (unpaired) electrons. The maximum absolute atomic E-state index is 8.70. The number of hydrogen-bond donors (Lipinski definition) is 1. The molecule has 0 fully saturated rings. The smallest absolute Gasteiger partial charge is 0.226 e. The van der Waals surface area contributed by atoms with Crippen molar-refractivity contribution in [3.63, 3.8) is 0 Å². The molecule has 0 amide bonds. The molecule has 96 valence electrons. The molecule has 4 nitrogen and oxygen atoms in total. The van der Waals surface area contributed by atoms with Crippen molar-refractivity contribution in [1.29, 1.82) is 0 Å². The molecule has 0 bridgehead atoms. The van der Waals surface area contributed by atoms with E-state index < -0.39 is 0 Å². The highest BCUT2D eigenvalue weighted by Gasteiger charge is 2.09. The summed E-state index contributed by atoms with van der Waals surface area (Å²) >= 11 is 9.28. The number of hydrogen-bond acceptors (Lipinski definition) is 4. The Labute approximate surface area is 118 Å². The SMILES string of the molecule is OCCCCc1nc(-c2ccc(Cl)c(Br)c2)no1. The fraction of sp³-hybridized carbons (Fsp3) is 0.333. The van der Waals surface area contributed by atoms with Gasteiger partial charge in [0.15, 0.2) is 0 Å². The monoisotopic (exact) mass is 330 g/mol. The van der Waals surface area contributed by atoms with Crippen LogP contribution in [0, 0.1) is 0 Å². The average Bonchev–Trinajstić information content (AvgIpc) is 2.82. The third-order valence-electron chi connectivity index (χ3n) is 2.44. The molecular weight excluding hydrogens is 320 g/mol. The molecule has 0 spiro atoms. The maximum Gasteiger partial charge on any atom is 0.226 e. The second kappa shape index (κ2) is 6.31. The Hall–Kier alpha value is -0.910. The summed E-state index contributed by atoms with van der Waals surface area (Å²) < 4.78 is 5.94. The molecule has 1 aromatic carbocycles. The van der Waals surface area contributed by atoms with Crippen LogP contribution in [0.5, 0.6) is 0 Å². The van der Waals surface area contributed by atoms with Crippen molar-refractivity contribution in [1.82, 2.24) is 10.1 Å². The summed E-state index contributed by atoms with van der Waals surface area (Å²) in [6.45, 7) is 0.186. The Morgan fingerprint density at radius 2 is 2.17 bits per heavy atom. The zero-order valence-corrected chi connectivity index (χ0v) is 11.9. The first kappa shape index (κ1) is 13.5. The normalized spacial score (nSPS) is 10.8. The van der Waals surface area contributed by atoms with Crippen molar-refractivity contribution < 1.29 is 9.63 Å². The summed E-state index contributed by atoms with van der Waals surface area (Å²) in [7, 11) is 0. The molecule has 6 heteroatoms. The predicted octanol–water partition coefficient (Wildman–Crippen LogP) is 3.47. The molecule has 1 N–H and O–H groups in total. The van der Waals surface area contributed by atoms with Crippen LogP contribution in [-0.4, -0.2) is 21.9 Å². The lowest BCUT2D eigenvalue weighted by Crippen LogP contribution is -1.89. The van der Waals surface area contributed by atoms with Gasteiger partial charge in [-0.1, -0.05) is 16.8 Å². The highest BCUT2D eigenvalue weighted by molar-refractivity contribution is 9.10. The molecule has 0 saturated heterocycles. The van der Waals surface area contributed by atoms with Gasteiger partial charge < -0.3 is 9.63 Å². The van der Waals surface area contributed by atoms with Gasteiger partial charge in [0, 0.05) is 23.1 Å². The number of nitrogens with zero attached hydrogens (tertiary/aromatic N) is 2. The first-order valence-corrected chi connectivity index (χ1v) is 6.76. The highest BCUT2D eigenvalue weighted by Crippen LogP contribution is 2.27. The minimum Gasteiger partial charge on any atom is -0.396 e. The molecule has 0 saturated carbocycles. The quantitative estimate of drug-likeness (QED) is 0.852. The van der Waals surface area contributed by atoms with Crippen LogP contribution < -0.4 is 0 Å². The number of aliphatic hydroxyl groups excluding tert-OH is 1. The van der Waals surface area contributed by atoms with E-state index in [9.17, 15) is 0 Å². The molecule has 1 aromatic heterocycles. The summed E-state index contributed by atoms with van der Waals surface area (Å²) in [5.74, 6) is 1.14. The van der Waals surface area contributed by atoms with Crippen LogP contribution in [0.3, 0.4) is 0 Å². The fourth-order valence-electron chi connectivity index (χ4n) is 1.50. The van der Waals surface area contributed by atoms with Gasteiger partial charge in [-0.15, -0.1) is 0 Å². The van der Waals surface area contributed by atoms with Gasteiger partial charge in [-0.25, -0.2) is 0 Å². The fourth-order valence-corrected chi connectivity index (χ4v) is 1.99. The first-order valence-electron chi connectivity index (χ1n) is 5.59. The summed E-state index contributed by atoms with van der Waals surface area (Å²) in [6.07, 6.45) is 2.26. The van der Waals surface area contributed by atoms with Gasteiger partial charge in [-0.2, -0.15) is 4.98 Å². The lowest BCUT2D eigenvalue weighted by Gasteiger charge is -1.97. The van der Waals surface area contributed by atoms with Crippen molar-refractivity contribution in [2.45, 2.75) is 19.3 Å². The highest BCUT2D eigenvalue weighted by atomic mass is 79.9. The second-order valence-corrected chi connectivity index (χ2v) is 5.08. The molecule has 1 heterocycles. The van der Waals surface area contributed by atoms with E-state index in [-0.39, 0.29) is 6.61 Å². The third-order valence-corrected chi connectivity index (χ3v) is 3.66. The molecule has 2 aromatic rings. The molecule has 18 heavy (non-hydrogen) atoms. The van der Waals surface area contributed by atoms with Gasteiger partial charge in [0.1, 0.15) is 0 Å². The number of benzene rings is 1. The van der Waals surface area contributed by atoms with Crippen LogP contribution in [0.1, 0.15) is 18.7 Å². The van der Waals surface area contributed by atoms with Gasteiger partial charge in [0.05, 0.1) is 5.02 Å². The van der Waals surface area contributed by atoms with Crippen molar-refractivity contribution >= 4 is 27.5 Å². The number of aromatic nitrogens is 2. The van der Waals surface area contributed by atoms with Crippen molar-refractivity contribution in [3.05, 3.63) is 33.6 Å². The van der Waals surface area contributed by atoms with Crippen LogP contribution in [0.25, 0.3) is 11.4 Å². The van der Waals surface area contributed by atoms with Crippen molar-refractivity contribution in [2.24, 2.45) is 0 Å². The summed E-state index contributed by atoms with van der Waals surface area (Å²) in [5.41, 5.74) is 0.850. The summed E-state index contributed by atoms with van der Waals surface area (Å²) in [6, 6.07) is 5.48. The first-order chi connectivity index (χ1) is 8.70. The van der Waals surface area contributed by atoms with E-state index in [0.29, 0.717) is 23.2 Å². The average molecular weight is 332 g/mol. The molecular formula is C12H12BrClN2O2. The van der Waals surface area contributed by atoms with E-state index in [1.807, 2.05) is 12.1 Å². The van der Waals surface area contributed by atoms with Gasteiger partial charge in [-0.05, 0) is 47.0 Å². The van der Waals surface area contributed by atoms with Crippen LogP contribution in [0.2, 0.25) is 5.02 Å². The predicted molar refractivity (Wildman–Crippen MR) is 72.5 cm³/mol. The molecule has 0 aliphatic rings. The molecule has 2 rings (SSSR count). The molecule has 0 aliphatic carbocycles. The minimum absolute atomic E-state index is 0.186. The molecule has 0 unspecified atom stereocenters. The zero-order valence-electron chi connectivity index (χ0n) is 9.57. The van der Waals surface area contributed by atoms with Crippen molar-refractivity contribution in [2.75, 3.05) is 6.61 Å². The lowest BCUT2D eigenvalue weighted by molar-refractivity contribution is 0.281. The van der Waals surface area contributed by atoms with Crippen LogP contribution in [-0.2, 0) is 6.42 Å². The maximum atomic E-state index is 8.70. The number of aryl methyl sites for hydroxylation is 1. The Kier molecular flexibility index (Phi) is 4.74. The van der Waals surface area contributed by atoms with Crippen LogP contribution in [0.4, 0.5) is 0 Å². The molecule has 0 aliphatic heterocycles.